The largest absolute Gasteiger partial charge is 0.350 e. The fraction of sp³-hybridized carbons (Fsp3) is 0.600. The Morgan fingerprint density at radius 3 is 2.28 bits per heavy atom. The predicted octanol–water partition coefficient (Wildman–Crippen LogP) is 2.46. The molecule has 1 aliphatic heterocycles. The second-order valence-corrected chi connectivity index (χ2v) is 10.3. The van der Waals surface area contributed by atoms with Gasteiger partial charge in [0.05, 0.1) is 5.25 Å². The fourth-order valence-electron chi connectivity index (χ4n) is 3.12. The number of nitrogens with one attached hydrogen (secondary N) is 3. The van der Waals surface area contributed by atoms with E-state index in [1.165, 1.54) is 0 Å². The Morgan fingerprint density at radius 2 is 1.72 bits per heavy atom. The van der Waals surface area contributed by atoms with Gasteiger partial charge in [-0.3, -0.25) is 4.79 Å². The molecule has 1 aromatic rings. The van der Waals surface area contributed by atoms with Crippen molar-refractivity contribution in [3.63, 3.8) is 0 Å². The third kappa shape index (κ3) is 6.17. The van der Waals surface area contributed by atoms with Crippen molar-refractivity contribution < 1.29 is 18.0 Å². The number of urea groups is 1. The lowest BCUT2D eigenvalue weighted by molar-refractivity contribution is 0.0942. The van der Waals surface area contributed by atoms with Gasteiger partial charge in [-0.15, -0.1) is 0 Å². The zero-order valence-corrected chi connectivity index (χ0v) is 18.6. The first-order valence-electron chi connectivity index (χ1n) is 9.98. The summed E-state index contributed by atoms with van der Waals surface area (Å²) in [5.41, 5.74) is 1.82. The van der Waals surface area contributed by atoms with Crippen molar-refractivity contribution in [3.8, 4) is 0 Å². The van der Waals surface area contributed by atoms with Gasteiger partial charge in [-0.2, -0.15) is 0 Å². The number of carbonyl (C=O) groups excluding carboxylic acids is 2. The molecule has 1 aromatic carbocycles. The highest BCUT2D eigenvalue weighted by Gasteiger charge is 2.27. The molecule has 1 fully saturated rings. The topological polar surface area (TPSA) is 108 Å². The van der Waals surface area contributed by atoms with Crippen LogP contribution in [0.3, 0.4) is 0 Å². The van der Waals surface area contributed by atoms with Crippen LogP contribution in [-0.2, 0) is 10.0 Å². The van der Waals surface area contributed by atoms with Gasteiger partial charge >= 0.3 is 6.03 Å². The average Bonchev–Trinajstić information content (AvgIpc) is 2.62. The minimum atomic E-state index is -3.32. The number of carbonyl (C=O) groups is 2. The molecule has 9 heteroatoms. The smallest absolute Gasteiger partial charge is 0.321 e. The van der Waals surface area contributed by atoms with Gasteiger partial charge in [0.25, 0.3) is 5.91 Å². The Labute approximate surface area is 173 Å². The molecule has 0 radical (unpaired) electrons. The van der Waals surface area contributed by atoms with E-state index in [0.717, 1.165) is 0 Å². The zero-order chi connectivity index (χ0) is 21.8. The van der Waals surface area contributed by atoms with Gasteiger partial charge in [-0.25, -0.2) is 17.9 Å². The van der Waals surface area contributed by atoms with Crippen molar-refractivity contribution in [1.29, 1.82) is 0 Å². The van der Waals surface area contributed by atoms with Crippen molar-refractivity contribution in [2.24, 2.45) is 0 Å². The lowest BCUT2D eigenvalue weighted by atomic mass is 10.1. The number of nitrogens with zero attached hydrogens (tertiary/aromatic N) is 1. The van der Waals surface area contributed by atoms with Crippen molar-refractivity contribution in [2.75, 3.05) is 18.4 Å². The lowest BCUT2D eigenvalue weighted by Gasteiger charge is -2.32. The highest BCUT2D eigenvalue weighted by molar-refractivity contribution is 7.90. The minimum absolute atomic E-state index is 0.0227. The normalized spacial score (nSPS) is 15.6. The zero-order valence-electron chi connectivity index (χ0n) is 17.8. The van der Waals surface area contributed by atoms with Crippen LogP contribution in [0, 0.1) is 6.92 Å². The van der Waals surface area contributed by atoms with Gasteiger partial charge in [-0.1, -0.05) is 6.07 Å². The van der Waals surface area contributed by atoms with Gasteiger partial charge in [0.1, 0.15) is 0 Å². The molecule has 0 unspecified atom stereocenters. The SMILES string of the molecule is Cc1c(NC(=O)N2CCC(NS(=O)(=O)C(C)C)CC2)cccc1C(=O)NC(C)C. The van der Waals surface area contributed by atoms with E-state index in [4.69, 9.17) is 0 Å². The van der Waals surface area contributed by atoms with Crippen molar-refractivity contribution >= 4 is 27.6 Å². The fourth-order valence-corrected chi connectivity index (χ4v) is 4.09. The van der Waals surface area contributed by atoms with Gasteiger partial charge in [0.2, 0.25) is 10.0 Å². The minimum Gasteiger partial charge on any atom is -0.350 e. The molecule has 8 nitrogen and oxygen atoms in total. The molecular formula is C20H32N4O4S. The van der Waals surface area contributed by atoms with Gasteiger partial charge in [-0.05, 0) is 65.2 Å². The molecule has 1 saturated heterocycles. The molecule has 3 N–H and O–H groups in total. The molecule has 0 saturated carbocycles. The van der Waals surface area contributed by atoms with Crippen molar-refractivity contribution in [2.45, 2.75) is 64.8 Å². The summed E-state index contributed by atoms with van der Waals surface area (Å²) in [6, 6.07) is 4.85. The van der Waals surface area contributed by atoms with E-state index in [9.17, 15) is 18.0 Å². The van der Waals surface area contributed by atoms with Crippen LogP contribution in [0.5, 0.6) is 0 Å². The third-order valence-electron chi connectivity index (χ3n) is 4.97. The standard InChI is InChI=1S/C20H32N4O4S/c1-13(2)21-19(25)17-7-6-8-18(15(17)5)22-20(26)24-11-9-16(10-12-24)23-29(27,28)14(3)4/h6-8,13-14,16,23H,9-12H2,1-5H3,(H,21,25)(H,22,26). The molecule has 0 atom stereocenters. The maximum absolute atomic E-state index is 12.7. The number of piperidine rings is 1. The number of likely N-dealkylation sites (tertiary alicyclic amines) is 1. The summed E-state index contributed by atoms with van der Waals surface area (Å²) in [7, 11) is -3.32. The van der Waals surface area contributed by atoms with Crippen LogP contribution in [0.2, 0.25) is 0 Å². The molecule has 3 amide bonds. The van der Waals surface area contributed by atoms with Crippen LogP contribution in [0.4, 0.5) is 10.5 Å². The maximum atomic E-state index is 12.7. The molecule has 0 aliphatic carbocycles. The first kappa shape index (κ1) is 23.2. The molecular weight excluding hydrogens is 392 g/mol. The van der Waals surface area contributed by atoms with Gasteiger partial charge < -0.3 is 15.5 Å². The van der Waals surface area contributed by atoms with Crippen LogP contribution in [-0.4, -0.2) is 55.7 Å². The molecule has 0 spiro atoms. The highest BCUT2D eigenvalue weighted by atomic mass is 32.2. The quantitative estimate of drug-likeness (QED) is 0.652. The van der Waals surface area contributed by atoms with Crippen LogP contribution in [0.15, 0.2) is 18.2 Å². The van der Waals surface area contributed by atoms with Crippen molar-refractivity contribution in [1.82, 2.24) is 14.9 Å². The number of benzene rings is 1. The van der Waals surface area contributed by atoms with E-state index < -0.39 is 15.3 Å². The first-order valence-corrected chi connectivity index (χ1v) is 11.5. The molecule has 1 heterocycles. The Balaban J connectivity index is 1.97. The molecule has 2 rings (SSSR count). The number of sulfonamides is 1. The molecule has 1 aliphatic rings. The second-order valence-electron chi connectivity index (χ2n) is 8.01. The summed E-state index contributed by atoms with van der Waals surface area (Å²) in [6.07, 6.45) is 1.13. The Bertz CT molecular complexity index is 844. The van der Waals surface area contributed by atoms with E-state index in [0.29, 0.717) is 42.7 Å². The first-order chi connectivity index (χ1) is 13.5. The summed E-state index contributed by atoms with van der Waals surface area (Å²) in [6.45, 7) is 9.80. The predicted molar refractivity (Wildman–Crippen MR) is 115 cm³/mol. The third-order valence-corrected chi connectivity index (χ3v) is 6.88. The molecule has 29 heavy (non-hydrogen) atoms. The summed E-state index contributed by atoms with van der Waals surface area (Å²) in [5, 5.41) is 5.26. The van der Waals surface area contributed by atoms with Crippen molar-refractivity contribution in [3.05, 3.63) is 29.3 Å². The summed E-state index contributed by atoms with van der Waals surface area (Å²) in [5.74, 6) is -0.174. The van der Waals surface area contributed by atoms with Crippen LogP contribution < -0.4 is 15.4 Å². The van der Waals surface area contributed by atoms with E-state index in [1.54, 1.807) is 43.9 Å². The Morgan fingerprint density at radius 1 is 1.10 bits per heavy atom. The maximum Gasteiger partial charge on any atom is 0.321 e. The number of rotatable bonds is 6. The lowest BCUT2D eigenvalue weighted by Crippen LogP contribution is -2.48. The Hall–Kier alpha value is -2.13. The number of hydrogen-bond donors (Lipinski definition) is 3. The van der Waals surface area contributed by atoms with E-state index in [2.05, 4.69) is 15.4 Å². The van der Waals surface area contributed by atoms with Gasteiger partial charge in [0.15, 0.2) is 0 Å². The molecule has 0 bridgehead atoms. The molecule has 162 valence electrons. The number of anilines is 1. The average molecular weight is 425 g/mol. The van der Waals surface area contributed by atoms with Crippen LogP contribution >= 0.6 is 0 Å². The number of amides is 3. The highest BCUT2D eigenvalue weighted by Crippen LogP contribution is 2.21. The second kappa shape index (κ2) is 9.58. The molecule has 0 aromatic heterocycles. The van der Waals surface area contributed by atoms with E-state index >= 15 is 0 Å². The number of hydrogen-bond acceptors (Lipinski definition) is 4. The Kier molecular flexibility index (Phi) is 7.65. The summed E-state index contributed by atoms with van der Waals surface area (Å²) < 4.78 is 26.7. The van der Waals surface area contributed by atoms with Gasteiger partial charge in [0, 0.05) is 36.4 Å². The monoisotopic (exact) mass is 424 g/mol. The summed E-state index contributed by atoms with van der Waals surface area (Å²) >= 11 is 0. The van der Waals surface area contributed by atoms with E-state index in [1.807, 2.05) is 13.8 Å². The van der Waals surface area contributed by atoms with Crippen LogP contribution in [0.25, 0.3) is 0 Å². The summed E-state index contributed by atoms with van der Waals surface area (Å²) in [4.78, 5) is 26.6. The van der Waals surface area contributed by atoms with Crippen LogP contribution in [0.1, 0.15) is 56.5 Å². The van der Waals surface area contributed by atoms with E-state index in [-0.39, 0.29) is 24.0 Å².